The number of carbonyl (C=O) groups is 1. The summed E-state index contributed by atoms with van der Waals surface area (Å²) < 4.78 is 6.81. The average Bonchev–Trinajstić information content (AvgIpc) is 3.12. The summed E-state index contributed by atoms with van der Waals surface area (Å²) in [6.45, 7) is 8.32. The van der Waals surface area contributed by atoms with Gasteiger partial charge in [-0.05, 0) is 31.0 Å². The van der Waals surface area contributed by atoms with E-state index < -0.39 is 11.6 Å². The maximum atomic E-state index is 13.3. The number of benzene rings is 1. The summed E-state index contributed by atoms with van der Waals surface area (Å²) in [5, 5.41) is 15.6. The van der Waals surface area contributed by atoms with Crippen LogP contribution in [0.2, 0.25) is 0 Å². The van der Waals surface area contributed by atoms with Crippen LogP contribution in [0.15, 0.2) is 35.1 Å². The number of carbonyl (C=O) groups excluding carboxylic acids is 1. The Morgan fingerprint density at radius 2 is 2.00 bits per heavy atom. The van der Waals surface area contributed by atoms with Crippen molar-refractivity contribution in [2.45, 2.75) is 65.0 Å². The number of rotatable bonds is 4. The van der Waals surface area contributed by atoms with E-state index in [4.69, 9.17) is 9.72 Å². The lowest BCUT2D eigenvalue weighted by Crippen LogP contribution is -2.44. The van der Waals surface area contributed by atoms with Crippen LogP contribution < -0.4 is 10.9 Å². The maximum Gasteiger partial charge on any atom is 0.343 e. The van der Waals surface area contributed by atoms with Gasteiger partial charge in [0, 0.05) is 28.6 Å². The highest BCUT2D eigenvalue weighted by molar-refractivity contribution is 5.88. The standard InChI is InChI=1S/C25H27N3O4.ClH/c1-5-25(31)19-10-20-22-16(11-28(20)23(29)18(19)12-32-24(25)30)9-15-7-6-8-17(21(15)27-22)14(4)26-13(2)3;/h6-10,13-14,26,31H,5,11-12H2,1-4H3;1H/t14-,25-;/m0./s1. The third-order valence-electron chi connectivity index (χ3n) is 6.62. The molecule has 2 aromatic heterocycles. The van der Waals surface area contributed by atoms with Gasteiger partial charge in [-0.1, -0.05) is 39.0 Å². The minimum atomic E-state index is -1.82. The Balaban J connectivity index is 0.00000259. The summed E-state index contributed by atoms with van der Waals surface area (Å²) >= 11 is 0. The summed E-state index contributed by atoms with van der Waals surface area (Å²) in [7, 11) is 0. The van der Waals surface area contributed by atoms with Crippen molar-refractivity contribution in [3.05, 3.63) is 62.9 Å². The van der Waals surface area contributed by atoms with Crippen molar-refractivity contribution in [2.24, 2.45) is 0 Å². The lowest BCUT2D eigenvalue weighted by atomic mass is 9.86. The van der Waals surface area contributed by atoms with Crippen molar-refractivity contribution in [1.82, 2.24) is 14.9 Å². The van der Waals surface area contributed by atoms with Crippen LogP contribution in [0, 0.1) is 0 Å². The topological polar surface area (TPSA) is 93.5 Å². The van der Waals surface area contributed by atoms with Crippen molar-refractivity contribution in [2.75, 3.05) is 0 Å². The van der Waals surface area contributed by atoms with E-state index in [-0.39, 0.29) is 37.0 Å². The molecule has 2 atom stereocenters. The second-order valence-electron chi connectivity index (χ2n) is 9.06. The van der Waals surface area contributed by atoms with Gasteiger partial charge in [-0.2, -0.15) is 0 Å². The normalized spacial score (nSPS) is 19.5. The first-order chi connectivity index (χ1) is 15.2. The Bertz CT molecular complexity index is 1330. The van der Waals surface area contributed by atoms with E-state index in [1.165, 1.54) is 0 Å². The molecule has 33 heavy (non-hydrogen) atoms. The van der Waals surface area contributed by atoms with Crippen LogP contribution in [0.1, 0.15) is 62.4 Å². The summed E-state index contributed by atoms with van der Waals surface area (Å²) in [5.41, 5.74) is 2.89. The summed E-state index contributed by atoms with van der Waals surface area (Å²) in [4.78, 5) is 30.7. The fourth-order valence-electron chi connectivity index (χ4n) is 4.97. The molecule has 0 spiro atoms. The molecule has 2 aliphatic rings. The Hall–Kier alpha value is -2.74. The van der Waals surface area contributed by atoms with Gasteiger partial charge in [0.25, 0.3) is 5.56 Å². The largest absolute Gasteiger partial charge is 0.458 e. The monoisotopic (exact) mass is 469 g/mol. The van der Waals surface area contributed by atoms with E-state index in [1.807, 2.05) is 12.1 Å². The van der Waals surface area contributed by atoms with Crippen LogP contribution in [-0.2, 0) is 28.3 Å². The predicted molar refractivity (Wildman–Crippen MR) is 128 cm³/mol. The zero-order valence-corrected chi connectivity index (χ0v) is 20.0. The number of aromatic nitrogens is 2. The molecular weight excluding hydrogens is 442 g/mol. The van der Waals surface area contributed by atoms with Crippen LogP contribution in [0.5, 0.6) is 0 Å². The third kappa shape index (κ3) is 3.46. The minimum Gasteiger partial charge on any atom is -0.458 e. The zero-order chi connectivity index (χ0) is 22.8. The van der Waals surface area contributed by atoms with E-state index >= 15 is 0 Å². The molecule has 5 rings (SSSR count). The SMILES string of the molecule is CC[C@@]1(O)C(=O)OCc2c1cc1n(c2=O)Cc2cc3cccc([C@H](C)NC(C)C)c3nc2-1.Cl. The first-order valence-electron chi connectivity index (χ1n) is 11.1. The van der Waals surface area contributed by atoms with Gasteiger partial charge in [-0.15, -0.1) is 12.4 Å². The van der Waals surface area contributed by atoms with Gasteiger partial charge in [-0.25, -0.2) is 9.78 Å². The molecule has 0 radical (unpaired) electrons. The number of para-hydroxylation sites is 1. The fourth-order valence-corrected chi connectivity index (χ4v) is 4.97. The van der Waals surface area contributed by atoms with Crippen molar-refractivity contribution >= 4 is 29.3 Å². The van der Waals surface area contributed by atoms with Gasteiger partial charge in [0.2, 0.25) is 0 Å². The summed E-state index contributed by atoms with van der Waals surface area (Å²) in [6, 6.07) is 10.4. The summed E-state index contributed by atoms with van der Waals surface area (Å²) in [6.07, 6.45) is 0.127. The van der Waals surface area contributed by atoms with Crippen LogP contribution in [0.25, 0.3) is 22.3 Å². The second kappa shape index (κ2) is 8.24. The molecule has 7 nitrogen and oxygen atoms in total. The van der Waals surface area contributed by atoms with Crippen LogP contribution in [-0.4, -0.2) is 26.7 Å². The molecule has 0 saturated heterocycles. The first-order valence-corrected chi connectivity index (χ1v) is 11.1. The van der Waals surface area contributed by atoms with E-state index in [0.29, 0.717) is 29.4 Å². The van der Waals surface area contributed by atoms with Crippen molar-refractivity contribution in [3.63, 3.8) is 0 Å². The van der Waals surface area contributed by atoms with Crippen molar-refractivity contribution < 1.29 is 14.6 Å². The molecular formula is C25H28ClN3O4. The molecule has 3 aromatic rings. The number of hydrogen-bond donors (Lipinski definition) is 2. The number of pyridine rings is 2. The summed E-state index contributed by atoms with van der Waals surface area (Å²) in [5.74, 6) is -0.711. The number of cyclic esters (lactones) is 1. The maximum absolute atomic E-state index is 13.3. The van der Waals surface area contributed by atoms with Gasteiger partial charge in [-0.3, -0.25) is 4.79 Å². The number of esters is 1. The Morgan fingerprint density at radius 3 is 2.70 bits per heavy atom. The zero-order valence-electron chi connectivity index (χ0n) is 19.1. The molecule has 0 fully saturated rings. The Morgan fingerprint density at radius 1 is 1.24 bits per heavy atom. The lowest BCUT2D eigenvalue weighted by molar-refractivity contribution is -0.172. The quantitative estimate of drug-likeness (QED) is 0.444. The molecule has 0 amide bonds. The molecule has 0 bridgehead atoms. The average molecular weight is 470 g/mol. The highest BCUT2D eigenvalue weighted by atomic mass is 35.5. The molecule has 0 saturated carbocycles. The number of fused-ring (bicyclic) bond motifs is 5. The van der Waals surface area contributed by atoms with E-state index in [0.717, 1.165) is 27.7 Å². The molecule has 2 aliphatic heterocycles. The fraction of sp³-hybridized carbons (Fsp3) is 0.400. The molecule has 8 heteroatoms. The van der Waals surface area contributed by atoms with Gasteiger partial charge in [0.1, 0.15) is 6.61 Å². The molecule has 174 valence electrons. The molecule has 4 heterocycles. The lowest BCUT2D eigenvalue weighted by Gasteiger charge is -2.31. The number of halogens is 1. The molecule has 1 aromatic carbocycles. The number of ether oxygens (including phenoxy) is 1. The van der Waals surface area contributed by atoms with Gasteiger partial charge in [0.05, 0.1) is 29.0 Å². The van der Waals surface area contributed by atoms with Crippen LogP contribution in [0.4, 0.5) is 0 Å². The van der Waals surface area contributed by atoms with E-state index in [9.17, 15) is 14.7 Å². The molecule has 0 aliphatic carbocycles. The van der Waals surface area contributed by atoms with Crippen molar-refractivity contribution in [1.29, 1.82) is 0 Å². The van der Waals surface area contributed by atoms with Gasteiger partial charge >= 0.3 is 5.97 Å². The molecule has 2 N–H and O–H groups in total. The number of nitrogens with one attached hydrogen (secondary N) is 1. The number of hydrogen-bond acceptors (Lipinski definition) is 6. The second-order valence-corrected chi connectivity index (χ2v) is 9.06. The van der Waals surface area contributed by atoms with E-state index in [1.54, 1.807) is 17.6 Å². The number of nitrogens with zero attached hydrogens (tertiary/aromatic N) is 2. The van der Waals surface area contributed by atoms with Gasteiger partial charge < -0.3 is 19.7 Å². The third-order valence-corrected chi connectivity index (χ3v) is 6.62. The number of aliphatic hydroxyl groups is 1. The Kier molecular flexibility index (Phi) is 5.85. The predicted octanol–water partition coefficient (Wildman–Crippen LogP) is 3.56. The minimum absolute atomic E-state index is 0. The first kappa shape index (κ1) is 23.4. The smallest absolute Gasteiger partial charge is 0.343 e. The Labute approximate surface area is 198 Å². The van der Waals surface area contributed by atoms with Gasteiger partial charge in [0.15, 0.2) is 5.60 Å². The highest BCUT2D eigenvalue weighted by Crippen LogP contribution is 2.39. The van der Waals surface area contributed by atoms with Crippen LogP contribution in [0.3, 0.4) is 0 Å². The van der Waals surface area contributed by atoms with E-state index in [2.05, 4.69) is 38.2 Å². The highest BCUT2D eigenvalue weighted by Gasteiger charge is 2.45. The molecule has 0 unspecified atom stereocenters. The van der Waals surface area contributed by atoms with Crippen LogP contribution >= 0.6 is 12.4 Å². The van der Waals surface area contributed by atoms with Crippen molar-refractivity contribution in [3.8, 4) is 11.4 Å².